The van der Waals surface area contributed by atoms with E-state index in [1.54, 1.807) is 49.4 Å². The first-order valence-corrected chi connectivity index (χ1v) is 14.4. The summed E-state index contributed by atoms with van der Waals surface area (Å²) in [6.07, 6.45) is 0.748. The molecule has 2 amide bonds. The molecule has 1 atom stereocenters. The van der Waals surface area contributed by atoms with Crippen LogP contribution in [0.5, 0.6) is 0 Å². The summed E-state index contributed by atoms with van der Waals surface area (Å²) < 4.78 is 29.2. The molecule has 0 spiro atoms. The molecule has 0 saturated carbocycles. The molecule has 1 N–H and O–H groups in total. The number of carbonyl (C=O) groups is 2. The summed E-state index contributed by atoms with van der Waals surface area (Å²) in [5.74, 6) is -0.831. The number of benzene rings is 3. The van der Waals surface area contributed by atoms with E-state index in [1.165, 1.54) is 17.0 Å². The summed E-state index contributed by atoms with van der Waals surface area (Å²) in [6, 6.07) is 20.7. The van der Waals surface area contributed by atoms with Gasteiger partial charge in [-0.3, -0.25) is 13.9 Å². The van der Waals surface area contributed by atoms with Crippen molar-refractivity contribution < 1.29 is 18.0 Å². The number of anilines is 1. The highest BCUT2D eigenvalue weighted by atomic mass is 79.9. The number of sulfonamides is 1. The molecular weight excluding hydrogens is 578 g/mol. The molecule has 0 aromatic heterocycles. The molecule has 0 aliphatic carbocycles. The van der Waals surface area contributed by atoms with Gasteiger partial charge in [0.1, 0.15) is 12.6 Å². The van der Waals surface area contributed by atoms with Crippen LogP contribution in [0.3, 0.4) is 0 Å². The minimum absolute atomic E-state index is 0.0463. The van der Waals surface area contributed by atoms with Crippen molar-refractivity contribution in [2.75, 3.05) is 17.4 Å². The molecule has 3 aromatic carbocycles. The predicted octanol–water partition coefficient (Wildman–Crippen LogP) is 5.24. The molecule has 0 radical (unpaired) electrons. The van der Waals surface area contributed by atoms with Gasteiger partial charge in [-0.15, -0.1) is 0 Å². The third kappa shape index (κ3) is 7.56. The first kappa shape index (κ1) is 28.7. The molecule has 0 fully saturated rings. The van der Waals surface area contributed by atoms with E-state index in [2.05, 4.69) is 21.2 Å². The number of carbonyl (C=O) groups excluding carboxylic acids is 2. The van der Waals surface area contributed by atoms with E-state index in [4.69, 9.17) is 11.6 Å². The van der Waals surface area contributed by atoms with Crippen LogP contribution >= 0.6 is 27.5 Å². The Bertz CT molecular complexity index is 1320. The van der Waals surface area contributed by atoms with Crippen LogP contribution in [-0.2, 0) is 26.2 Å². The number of amides is 2. The van der Waals surface area contributed by atoms with Crippen molar-refractivity contribution in [2.45, 2.75) is 37.8 Å². The number of hydrogen-bond donors (Lipinski definition) is 1. The topological polar surface area (TPSA) is 86.8 Å². The van der Waals surface area contributed by atoms with E-state index in [9.17, 15) is 18.0 Å². The highest BCUT2D eigenvalue weighted by Gasteiger charge is 2.32. The summed E-state index contributed by atoms with van der Waals surface area (Å²) in [4.78, 5) is 28.1. The standard InChI is InChI=1S/C27H29BrClN3O4S/c1-3-16-30-27(34)20(2)31(18-21-8-7-9-22(28)17-21)26(33)19-32(24-14-12-23(29)13-15-24)37(35,36)25-10-5-4-6-11-25/h4-15,17,20H,3,16,18-19H2,1-2H3,(H,30,34). The molecule has 0 bridgehead atoms. The number of halogens is 2. The molecule has 0 saturated heterocycles. The zero-order valence-corrected chi connectivity index (χ0v) is 23.8. The fraction of sp³-hybridized carbons (Fsp3) is 0.259. The van der Waals surface area contributed by atoms with Crippen molar-refractivity contribution in [3.05, 3.63) is 93.9 Å². The molecule has 0 heterocycles. The van der Waals surface area contributed by atoms with Gasteiger partial charge < -0.3 is 10.2 Å². The van der Waals surface area contributed by atoms with Gasteiger partial charge in [0.15, 0.2) is 0 Å². The van der Waals surface area contributed by atoms with Crippen LogP contribution in [0.15, 0.2) is 88.2 Å². The molecule has 196 valence electrons. The Labute approximate surface area is 231 Å². The Morgan fingerprint density at radius 1 is 1.00 bits per heavy atom. The Hall–Kier alpha value is -2.88. The lowest BCUT2D eigenvalue weighted by atomic mass is 10.1. The summed E-state index contributed by atoms with van der Waals surface area (Å²) in [6.45, 7) is 3.67. The molecule has 3 rings (SSSR count). The van der Waals surface area contributed by atoms with Crippen molar-refractivity contribution in [1.29, 1.82) is 0 Å². The second-order valence-corrected chi connectivity index (χ2v) is 11.6. The molecule has 37 heavy (non-hydrogen) atoms. The average Bonchev–Trinajstić information content (AvgIpc) is 2.89. The number of hydrogen-bond acceptors (Lipinski definition) is 4. The van der Waals surface area contributed by atoms with Gasteiger partial charge in [0.05, 0.1) is 10.6 Å². The van der Waals surface area contributed by atoms with Crippen LogP contribution < -0.4 is 9.62 Å². The molecule has 1 unspecified atom stereocenters. The summed E-state index contributed by atoms with van der Waals surface area (Å²) >= 11 is 9.47. The van der Waals surface area contributed by atoms with Gasteiger partial charge in [-0.25, -0.2) is 8.42 Å². The van der Waals surface area contributed by atoms with Gasteiger partial charge in [-0.2, -0.15) is 0 Å². The summed E-state index contributed by atoms with van der Waals surface area (Å²) in [7, 11) is -4.10. The first-order chi connectivity index (χ1) is 17.6. The van der Waals surface area contributed by atoms with Gasteiger partial charge in [0.2, 0.25) is 11.8 Å². The van der Waals surface area contributed by atoms with E-state index in [0.717, 1.165) is 20.8 Å². The number of nitrogens with one attached hydrogen (secondary N) is 1. The van der Waals surface area contributed by atoms with Crippen LogP contribution in [0.4, 0.5) is 5.69 Å². The largest absolute Gasteiger partial charge is 0.354 e. The van der Waals surface area contributed by atoms with Crippen molar-refractivity contribution in [2.24, 2.45) is 0 Å². The van der Waals surface area contributed by atoms with Crippen molar-refractivity contribution >= 4 is 55.1 Å². The minimum atomic E-state index is -4.10. The quantitative estimate of drug-likeness (QED) is 0.323. The van der Waals surface area contributed by atoms with Crippen LogP contribution in [0.25, 0.3) is 0 Å². The van der Waals surface area contributed by atoms with Gasteiger partial charge in [-0.1, -0.05) is 64.8 Å². The average molecular weight is 607 g/mol. The van der Waals surface area contributed by atoms with Crippen LogP contribution in [0.2, 0.25) is 5.02 Å². The normalized spacial score (nSPS) is 12.0. The maximum absolute atomic E-state index is 13.8. The number of nitrogens with zero attached hydrogens (tertiary/aromatic N) is 2. The van der Waals surface area contributed by atoms with E-state index in [-0.39, 0.29) is 23.0 Å². The molecule has 0 aliphatic heterocycles. The van der Waals surface area contributed by atoms with Crippen molar-refractivity contribution in [1.82, 2.24) is 10.2 Å². The van der Waals surface area contributed by atoms with Gasteiger partial charge >= 0.3 is 0 Å². The minimum Gasteiger partial charge on any atom is -0.354 e. The Balaban J connectivity index is 2.00. The Morgan fingerprint density at radius 2 is 1.68 bits per heavy atom. The van der Waals surface area contributed by atoms with Gasteiger partial charge in [0.25, 0.3) is 10.0 Å². The van der Waals surface area contributed by atoms with Crippen LogP contribution in [0.1, 0.15) is 25.8 Å². The lowest BCUT2D eigenvalue weighted by Gasteiger charge is -2.32. The smallest absolute Gasteiger partial charge is 0.264 e. The maximum Gasteiger partial charge on any atom is 0.264 e. The number of rotatable bonds is 11. The Morgan fingerprint density at radius 3 is 2.30 bits per heavy atom. The second-order valence-electron chi connectivity index (χ2n) is 8.42. The molecule has 10 heteroatoms. The lowest BCUT2D eigenvalue weighted by Crippen LogP contribution is -2.51. The summed E-state index contributed by atoms with van der Waals surface area (Å²) in [5, 5.41) is 3.26. The van der Waals surface area contributed by atoms with Gasteiger partial charge in [0, 0.05) is 22.6 Å². The first-order valence-electron chi connectivity index (χ1n) is 11.8. The van der Waals surface area contributed by atoms with Crippen LogP contribution in [-0.4, -0.2) is 44.3 Å². The van der Waals surface area contributed by atoms with E-state index in [0.29, 0.717) is 11.6 Å². The molecular formula is C27H29BrClN3O4S. The zero-order chi connectivity index (χ0) is 27.0. The van der Waals surface area contributed by atoms with Crippen molar-refractivity contribution in [3.63, 3.8) is 0 Å². The third-order valence-corrected chi connectivity index (χ3v) is 8.22. The van der Waals surface area contributed by atoms with Crippen molar-refractivity contribution in [3.8, 4) is 0 Å². The SMILES string of the molecule is CCCNC(=O)C(C)N(Cc1cccc(Br)c1)C(=O)CN(c1ccc(Cl)cc1)S(=O)(=O)c1ccccc1. The molecule has 7 nitrogen and oxygen atoms in total. The lowest BCUT2D eigenvalue weighted by molar-refractivity contribution is -0.139. The highest BCUT2D eigenvalue weighted by Crippen LogP contribution is 2.26. The fourth-order valence-corrected chi connectivity index (χ4v) is 5.67. The maximum atomic E-state index is 13.8. The molecule has 3 aromatic rings. The zero-order valence-electron chi connectivity index (χ0n) is 20.6. The molecule has 0 aliphatic rings. The highest BCUT2D eigenvalue weighted by molar-refractivity contribution is 9.10. The third-order valence-electron chi connectivity index (χ3n) is 5.68. The monoisotopic (exact) mass is 605 g/mol. The van der Waals surface area contributed by atoms with E-state index in [1.807, 2.05) is 31.2 Å². The van der Waals surface area contributed by atoms with E-state index >= 15 is 0 Å². The van der Waals surface area contributed by atoms with E-state index < -0.39 is 28.5 Å². The summed E-state index contributed by atoms with van der Waals surface area (Å²) in [5.41, 5.74) is 1.08. The second kappa shape index (κ2) is 13.1. The fourth-order valence-electron chi connectivity index (χ4n) is 3.67. The van der Waals surface area contributed by atoms with Gasteiger partial charge in [-0.05, 0) is 67.4 Å². The predicted molar refractivity (Wildman–Crippen MR) is 150 cm³/mol. The Kier molecular flexibility index (Phi) is 10.1. The van der Waals surface area contributed by atoms with Crippen LogP contribution in [0, 0.1) is 0 Å².